The summed E-state index contributed by atoms with van der Waals surface area (Å²) in [5.74, 6) is -0.409. The monoisotopic (exact) mass is 306 g/mol. The SMILES string of the molecule is CCN(c1ccccc1C)C(CN)c1ccc(Cl)c(F)c1. The van der Waals surface area contributed by atoms with Crippen LogP contribution < -0.4 is 10.6 Å². The van der Waals surface area contributed by atoms with E-state index in [1.807, 2.05) is 18.2 Å². The average Bonchev–Trinajstić information content (AvgIpc) is 2.49. The van der Waals surface area contributed by atoms with Crippen LogP contribution in [-0.4, -0.2) is 13.1 Å². The molecule has 0 saturated carbocycles. The first-order valence-electron chi connectivity index (χ1n) is 7.05. The molecule has 0 aromatic heterocycles. The highest BCUT2D eigenvalue weighted by Gasteiger charge is 2.20. The van der Waals surface area contributed by atoms with Gasteiger partial charge >= 0.3 is 0 Å². The van der Waals surface area contributed by atoms with E-state index in [0.29, 0.717) is 6.54 Å². The van der Waals surface area contributed by atoms with Crippen molar-refractivity contribution < 1.29 is 4.39 Å². The molecule has 2 aromatic rings. The Morgan fingerprint density at radius 1 is 1.24 bits per heavy atom. The summed E-state index contributed by atoms with van der Waals surface area (Å²) >= 11 is 5.76. The van der Waals surface area contributed by atoms with E-state index < -0.39 is 5.82 Å². The van der Waals surface area contributed by atoms with Crippen LogP contribution in [0.3, 0.4) is 0 Å². The first-order chi connectivity index (χ1) is 10.1. The van der Waals surface area contributed by atoms with Crippen LogP contribution in [0.4, 0.5) is 10.1 Å². The van der Waals surface area contributed by atoms with Crippen molar-refractivity contribution in [2.75, 3.05) is 18.0 Å². The maximum Gasteiger partial charge on any atom is 0.142 e. The van der Waals surface area contributed by atoms with Crippen LogP contribution in [0.2, 0.25) is 5.02 Å². The molecule has 0 heterocycles. The number of likely N-dealkylation sites (N-methyl/N-ethyl adjacent to an activating group) is 1. The Hall–Kier alpha value is -1.58. The van der Waals surface area contributed by atoms with Crippen molar-refractivity contribution in [1.29, 1.82) is 0 Å². The zero-order valence-corrected chi connectivity index (χ0v) is 13.1. The van der Waals surface area contributed by atoms with Crippen molar-refractivity contribution in [3.05, 3.63) is 64.4 Å². The number of aryl methyl sites for hydroxylation is 1. The summed E-state index contributed by atoms with van der Waals surface area (Å²) in [5, 5.41) is 0.133. The normalized spacial score (nSPS) is 12.2. The second-order valence-electron chi connectivity index (χ2n) is 5.00. The highest BCUT2D eigenvalue weighted by Crippen LogP contribution is 2.30. The molecule has 0 spiro atoms. The number of nitrogens with two attached hydrogens (primary N) is 1. The lowest BCUT2D eigenvalue weighted by Crippen LogP contribution is -2.34. The van der Waals surface area contributed by atoms with Crippen LogP contribution in [-0.2, 0) is 0 Å². The maximum atomic E-state index is 13.7. The summed E-state index contributed by atoms with van der Waals surface area (Å²) in [4.78, 5) is 2.19. The number of hydrogen-bond acceptors (Lipinski definition) is 2. The van der Waals surface area contributed by atoms with Gasteiger partial charge in [-0.1, -0.05) is 35.9 Å². The number of hydrogen-bond donors (Lipinski definition) is 1. The number of nitrogens with zero attached hydrogens (tertiary/aromatic N) is 1. The topological polar surface area (TPSA) is 29.3 Å². The van der Waals surface area contributed by atoms with Crippen molar-refractivity contribution in [2.45, 2.75) is 19.9 Å². The maximum absolute atomic E-state index is 13.7. The van der Waals surface area contributed by atoms with Crippen molar-refractivity contribution in [3.8, 4) is 0 Å². The van der Waals surface area contributed by atoms with Gasteiger partial charge in [0.1, 0.15) is 5.82 Å². The molecule has 21 heavy (non-hydrogen) atoms. The molecular weight excluding hydrogens is 287 g/mol. The van der Waals surface area contributed by atoms with Gasteiger partial charge in [0.25, 0.3) is 0 Å². The van der Waals surface area contributed by atoms with Crippen LogP contribution >= 0.6 is 11.6 Å². The largest absolute Gasteiger partial charge is 0.363 e. The fourth-order valence-corrected chi connectivity index (χ4v) is 2.72. The highest BCUT2D eigenvalue weighted by atomic mass is 35.5. The van der Waals surface area contributed by atoms with E-state index in [9.17, 15) is 4.39 Å². The third-order valence-corrected chi connectivity index (χ3v) is 4.00. The van der Waals surface area contributed by atoms with E-state index in [4.69, 9.17) is 17.3 Å². The third-order valence-electron chi connectivity index (χ3n) is 3.69. The quantitative estimate of drug-likeness (QED) is 0.891. The van der Waals surface area contributed by atoms with Gasteiger partial charge in [-0.25, -0.2) is 4.39 Å². The van der Waals surface area contributed by atoms with Gasteiger partial charge in [0.05, 0.1) is 11.1 Å². The number of halogens is 2. The summed E-state index contributed by atoms with van der Waals surface area (Å²) in [7, 11) is 0. The minimum atomic E-state index is -0.409. The van der Waals surface area contributed by atoms with Crippen molar-refractivity contribution in [2.24, 2.45) is 5.73 Å². The Labute approximate surface area is 130 Å². The minimum Gasteiger partial charge on any atom is -0.363 e. The van der Waals surface area contributed by atoms with Crippen LogP contribution in [0.5, 0.6) is 0 Å². The molecule has 0 amide bonds. The van der Waals surface area contributed by atoms with Crippen molar-refractivity contribution in [3.63, 3.8) is 0 Å². The van der Waals surface area contributed by atoms with E-state index in [0.717, 1.165) is 17.8 Å². The molecule has 1 unspecified atom stereocenters. The molecule has 0 saturated heterocycles. The Balaban J connectivity index is 2.42. The molecule has 2 N–H and O–H groups in total. The fourth-order valence-electron chi connectivity index (χ4n) is 2.61. The molecule has 0 aliphatic heterocycles. The molecule has 1 atom stereocenters. The standard InChI is InChI=1S/C17H20ClFN2/c1-3-21(16-7-5-4-6-12(16)2)17(11-20)13-8-9-14(18)15(19)10-13/h4-10,17H,3,11,20H2,1-2H3. The van der Waals surface area contributed by atoms with Crippen LogP contribution in [0, 0.1) is 12.7 Å². The van der Waals surface area contributed by atoms with Gasteiger partial charge in [-0.05, 0) is 43.2 Å². The molecule has 2 aromatic carbocycles. The second kappa shape index (κ2) is 6.92. The third kappa shape index (κ3) is 3.36. The van der Waals surface area contributed by atoms with Crippen LogP contribution in [0.1, 0.15) is 24.1 Å². The molecule has 0 aliphatic rings. The lowest BCUT2D eigenvalue weighted by Gasteiger charge is -2.33. The molecule has 0 aliphatic carbocycles. The average molecular weight is 307 g/mol. The number of benzene rings is 2. The van der Waals surface area contributed by atoms with Gasteiger partial charge in [0.2, 0.25) is 0 Å². The first kappa shape index (κ1) is 15.8. The van der Waals surface area contributed by atoms with E-state index in [1.54, 1.807) is 6.07 Å². The molecule has 4 heteroatoms. The zero-order chi connectivity index (χ0) is 15.4. The predicted octanol–water partition coefficient (Wildman–Crippen LogP) is 4.31. The molecule has 0 fully saturated rings. The van der Waals surface area contributed by atoms with Crippen molar-refractivity contribution >= 4 is 17.3 Å². The Morgan fingerprint density at radius 2 is 1.95 bits per heavy atom. The Bertz CT molecular complexity index is 615. The van der Waals surface area contributed by atoms with E-state index in [1.165, 1.54) is 11.6 Å². The lowest BCUT2D eigenvalue weighted by atomic mass is 10.0. The Morgan fingerprint density at radius 3 is 2.52 bits per heavy atom. The van der Waals surface area contributed by atoms with Gasteiger partial charge in [-0.15, -0.1) is 0 Å². The first-order valence-corrected chi connectivity index (χ1v) is 7.43. The van der Waals surface area contributed by atoms with Gasteiger partial charge in [0, 0.05) is 18.8 Å². The van der Waals surface area contributed by atoms with E-state index >= 15 is 0 Å². The zero-order valence-electron chi connectivity index (χ0n) is 12.3. The van der Waals surface area contributed by atoms with E-state index in [-0.39, 0.29) is 11.1 Å². The number of para-hydroxylation sites is 1. The number of anilines is 1. The summed E-state index contributed by atoms with van der Waals surface area (Å²) in [6.45, 7) is 5.33. The summed E-state index contributed by atoms with van der Waals surface area (Å²) < 4.78 is 13.7. The predicted molar refractivity (Wildman–Crippen MR) is 87.4 cm³/mol. The van der Waals surface area contributed by atoms with Gasteiger partial charge in [-0.2, -0.15) is 0 Å². The van der Waals surface area contributed by atoms with Gasteiger partial charge in [-0.3, -0.25) is 0 Å². The molecule has 0 bridgehead atoms. The molecule has 2 rings (SSSR count). The number of rotatable bonds is 5. The fraction of sp³-hybridized carbons (Fsp3) is 0.294. The van der Waals surface area contributed by atoms with Gasteiger partial charge < -0.3 is 10.6 Å². The smallest absolute Gasteiger partial charge is 0.142 e. The summed E-state index contributed by atoms with van der Waals surface area (Å²) in [6, 6.07) is 12.9. The molecular formula is C17H20ClFN2. The minimum absolute atomic E-state index is 0.0807. The highest BCUT2D eigenvalue weighted by molar-refractivity contribution is 6.30. The summed E-state index contributed by atoms with van der Waals surface area (Å²) in [5.41, 5.74) is 9.09. The summed E-state index contributed by atoms with van der Waals surface area (Å²) in [6.07, 6.45) is 0. The van der Waals surface area contributed by atoms with E-state index in [2.05, 4.69) is 30.9 Å². The molecule has 112 valence electrons. The van der Waals surface area contributed by atoms with Crippen molar-refractivity contribution in [1.82, 2.24) is 0 Å². The molecule has 0 radical (unpaired) electrons. The van der Waals surface area contributed by atoms with Crippen LogP contribution in [0.25, 0.3) is 0 Å². The van der Waals surface area contributed by atoms with Gasteiger partial charge in [0.15, 0.2) is 0 Å². The lowest BCUT2D eigenvalue weighted by molar-refractivity contribution is 0.607. The van der Waals surface area contributed by atoms with Crippen LogP contribution in [0.15, 0.2) is 42.5 Å². The Kier molecular flexibility index (Phi) is 5.21. The second-order valence-corrected chi connectivity index (χ2v) is 5.40. The molecule has 2 nitrogen and oxygen atoms in total.